The quantitative estimate of drug-likeness (QED) is 0.914. The Morgan fingerprint density at radius 3 is 2.71 bits per heavy atom. The maximum Gasteiger partial charge on any atom is 0.265 e. The summed E-state index contributed by atoms with van der Waals surface area (Å²) < 4.78 is 39.7. The topological polar surface area (TPSA) is 87.0 Å². The minimum atomic E-state index is -4.22. The van der Waals surface area contributed by atoms with Gasteiger partial charge in [-0.05, 0) is 43.2 Å². The lowest BCUT2D eigenvalue weighted by atomic mass is 10.2. The zero-order valence-electron chi connectivity index (χ0n) is 11.0. The zero-order chi connectivity index (χ0) is 15.2. The number of nitrogens with one attached hydrogen (secondary N) is 1. The number of rotatable bonds is 4. The molecule has 3 rings (SSSR count). The standard InChI is InChI=1S/C14H13FN2O3S/c15-12-2-1-3-13(11(12)7-16)21(19,20)17-14(18)10-6-9(10)8-4-5-8/h1-3,8-10H,4-6H2,(H,17,18)/t9-,10-/m0/s1. The highest BCUT2D eigenvalue weighted by atomic mass is 32.2. The van der Waals surface area contributed by atoms with Crippen molar-refractivity contribution < 1.29 is 17.6 Å². The highest BCUT2D eigenvalue weighted by Gasteiger charge is 2.51. The molecule has 1 amide bonds. The lowest BCUT2D eigenvalue weighted by Gasteiger charge is -2.08. The maximum atomic E-state index is 13.5. The van der Waals surface area contributed by atoms with E-state index < -0.39 is 32.2 Å². The molecule has 0 spiro atoms. The van der Waals surface area contributed by atoms with Crippen molar-refractivity contribution in [2.24, 2.45) is 17.8 Å². The second-order valence-corrected chi connectivity index (χ2v) is 7.19. The molecule has 2 fully saturated rings. The summed E-state index contributed by atoms with van der Waals surface area (Å²) in [6, 6.07) is 4.83. The lowest BCUT2D eigenvalue weighted by Crippen LogP contribution is -2.33. The van der Waals surface area contributed by atoms with Crippen LogP contribution in [0.5, 0.6) is 0 Å². The highest BCUT2D eigenvalue weighted by Crippen LogP contribution is 2.54. The van der Waals surface area contributed by atoms with E-state index >= 15 is 0 Å². The van der Waals surface area contributed by atoms with Crippen molar-refractivity contribution >= 4 is 15.9 Å². The van der Waals surface area contributed by atoms with Crippen molar-refractivity contribution in [2.75, 3.05) is 0 Å². The normalized spacial score (nSPS) is 24.2. The van der Waals surface area contributed by atoms with Crippen LogP contribution >= 0.6 is 0 Å². The van der Waals surface area contributed by atoms with Gasteiger partial charge >= 0.3 is 0 Å². The van der Waals surface area contributed by atoms with Crippen molar-refractivity contribution in [1.29, 1.82) is 5.26 Å². The summed E-state index contributed by atoms with van der Waals surface area (Å²) in [5, 5.41) is 8.87. The van der Waals surface area contributed by atoms with Crippen molar-refractivity contribution in [3.63, 3.8) is 0 Å². The summed E-state index contributed by atoms with van der Waals surface area (Å²) in [4.78, 5) is 11.5. The smallest absolute Gasteiger partial charge is 0.265 e. The molecule has 2 atom stereocenters. The van der Waals surface area contributed by atoms with Crippen molar-refractivity contribution in [2.45, 2.75) is 24.2 Å². The number of carbonyl (C=O) groups is 1. The van der Waals surface area contributed by atoms with E-state index in [4.69, 9.17) is 5.26 Å². The molecule has 0 saturated heterocycles. The van der Waals surface area contributed by atoms with E-state index in [2.05, 4.69) is 0 Å². The van der Waals surface area contributed by atoms with E-state index in [0.717, 1.165) is 25.0 Å². The fourth-order valence-electron chi connectivity index (χ4n) is 2.66. The molecule has 110 valence electrons. The number of benzene rings is 1. The summed E-state index contributed by atoms with van der Waals surface area (Å²) in [6.45, 7) is 0. The predicted molar refractivity (Wildman–Crippen MR) is 70.8 cm³/mol. The molecule has 0 heterocycles. The predicted octanol–water partition coefficient (Wildman–Crippen LogP) is 1.55. The molecule has 0 unspecified atom stereocenters. The van der Waals surface area contributed by atoms with Gasteiger partial charge in [0.15, 0.2) is 0 Å². The lowest BCUT2D eigenvalue weighted by molar-refractivity contribution is -0.120. The van der Waals surface area contributed by atoms with Gasteiger partial charge in [0, 0.05) is 5.92 Å². The number of carbonyl (C=O) groups excluding carboxylic acids is 1. The van der Waals surface area contributed by atoms with Gasteiger partial charge in [0.2, 0.25) is 5.91 Å². The second-order valence-electron chi connectivity index (χ2n) is 5.54. The Morgan fingerprint density at radius 1 is 1.38 bits per heavy atom. The first-order valence-corrected chi connectivity index (χ1v) is 8.17. The van der Waals surface area contributed by atoms with Crippen LogP contribution in [0.15, 0.2) is 23.1 Å². The molecule has 1 N–H and O–H groups in total. The summed E-state index contributed by atoms with van der Waals surface area (Å²) in [5.41, 5.74) is -0.577. The van der Waals surface area contributed by atoms with E-state index in [1.165, 1.54) is 12.1 Å². The number of hydrogen-bond acceptors (Lipinski definition) is 4. The summed E-state index contributed by atoms with van der Waals surface area (Å²) in [5.74, 6) is -0.919. The first kappa shape index (κ1) is 14.0. The van der Waals surface area contributed by atoms with Crippen LogP contribution in [-0.2, 0) is 14.8 Å². The third-order valence-electron chi connectivity index (χ3n) is 4.02. The van der Waals surface area contributed by atoms with E-state index in [1.54, 1.807) is 0 Å². The second kappa shape index (κ2) is 4.81. The van der Waals surface area contributed by atoms with Gasteiger partial charge in [0.25, 0.3) is 10.0 Å². The van der Waals surface area contributed by atoms with Crippen molar-refractivity contribution in [3.8, 4) is 6.07 Å². The summed E-state index contributed by atoms with van der Waals surface area (Å²) >= 11 is 0. The van der Waals surface area contributed by atoms with Crippen LogP contribution in [0.1, 0.15) is 24.8 Å². The first-order chi connectivity index (χ1) is 9.94. The van der Waals surface area contributed by atoms with Crippen LogP contribution in [0.2, 0.25) is 0 Å². The van der Waals surface area contributed by atoms with Gasteiger partial charge in [0.05, 0.1) is 0 Å². The van der Waals surface area contributed by atoms with Crippen LogP contribution in [-0.4, -0.2) is 14.3 Å². The molecule has 0 radical (unpaired) electrons. The molecule has 7 heteroatoms. The molecule has 2 saturated carbocycles. The molecule has 1 aromatic rings. The molecular weight excluding hydrogens is 295 g/mol. The minimum absolute atomic E-state index is 0.272. The average Bonchev–Trinajstić information content (AvgIpc) is 3.27. The minimum Gasteiger partial charge on any atom is -0.274 e. The molecule has 0 aromatic heterocycles. The Hall–Kier alpha value is -1.94. The Kier molecular flexibility index (Phi) is 3.21. The van der Waals surface area contributed by atoms with E-state index in [1.807, 2.05) is 4.72 Å². The fraction of sp³-hybridized carbons (Fsp3) is 0.429. The monoisotopic (exact) mass is 308 g/mol. The van der Waals surface area contributed by atoms with Gasteiger partial charge in [-0.2, -0.15) is 5.26 Å². The largest absolute Gasteiger partial charge is 0.274 e. The Balaban J connectivity index is 1.80. The summed E-state index contributed by atoms with van der Waals surface area (Å²) in [6.07, 6.45) is 2.91. The van der Waals surface area contributed by atoms with E-state index in [9.17, 15) is 17.6 Å². The van der Waals surface area contributed by atoms with Crippen LogP contribution in [0, 0.1) is 34.9 Å². The van der Waals surface area contributed by atoms with Gasteiger partial charge in [-0.1, -0.05) is 6.07 Å². The molecule has 1 aromatic carbocycles. The Labute approximate surface area is 121 Å². The molecule has 2 aliphatic carbocycles. The number of nitriles is 1. The fourth-order valence-corrected chi connectivity index (χ4v) is 3.86. The van der Waals surface area contributed by atoms with Crippen molar-refractivity contribution in [3.05, 3.63) is 29.6 Å². The van der Waals surface area contributed by atoms with Crippen LogP contribution in [0.25, 0.3) is 0 Å². The van der Waals surface area contributed by atoms with Crippen LogP contribution in [0.3, 0.4) is 0 Å². The number of nitrogens with zero attached hydrogens (tertiary/aromatic N) is 1. The molecule has 2 aliphatic rings. The zero-order valence-corrected chi connectivity index (χ0v) is 11.9. The average molecular weight is 308 g/mol. The number of hydrogen-bond donors (Lipinski definition) is 1. The highest BCUT2D eigenvalue weighted by molar-refractivity contribution is 7.90. The first-order valence-electron chi connectivity index (χ1n) is 6.69. The molecular formula is C14H13FN2O3S. The Bertz CT molecular complexity index is 750. The number of sulfonamides is 1. The van der Waals surface area contributed by atoms with Crippen LogP contribution < -0.4 is 4.72 Å². The van der Waals surface area contributed by atoms with Crippen LogP contribution in [0.4, 0.5) is 4.39 Å². The van der Waals surface area contributed by atoms with E-state index in [-0.39, 0.29) is 11.8 Å². The number of amides is 1. The van der Waals surface area contributed by atoms with E-state index in [0.29, 0.717) is 12.3 Å². The van der Waals surface area contributed by atoms with Gasteiger partial charge in [-0.25, -0.2) is 17.5 Å². The van der Waals surface area contributed by atoms with Gasteiger partial charge in [-0.3, -0.25) is 4.79 Å². The third-order valence-corrected chi connectivity index (χ3v) is 5.40. The summed E-state index contributed by atoms with van der Waals surface area (Å²) in [7, 11) is -4.22. The molecule has 5 nitrogen and oxygen atoms in total. The maximum absolute atomic E-state index is 13.5. The van der Waals surface area contributed by atoms with Gasteiger partial charge < -0.3 is 0 Å². The SMILES string of the molecule is N#Cc1c(F)cccc1S(=O)(=O)NC(=O)[C@H]1C[C@H]1C1CC1. The molecule has 0 bridgehead atoms. The third kappa shape index (κ3) is 2.63. The van der Waals surface area contributed by atoms with Gasteiger partial charge in [0.1, 0.15) is 22.3 Å². The number of halogens is 1. The molecule has 0 aliphatic heterocycles. The van der Waals surface area contributed by atoms with Gasteiger partial charge in [-0.15, -0.1) is 0 Å². The van der Waals surface area contributed by atoms with Crippen molar-refractivity contribution in [1.82, 2.24) is 4.72 Å². The molecule has 21 heavy (non-hydrogen) atoms. The Morgan fingerprint density at radius 2 is 2.10 bits per heavy atom.